The number of hydrogen-bond donors (Lipinski definition) is 3. The third-order valence-electron chi connectivity index (χ3n) is 8.98. The van der Waals surface area contributed by atoms with Gasteiger partial charge in [-0.05, 0) is 56.0 Å². The molecule has 7 rings (SSSR count). The minimum atomic E-state index is -4.56. The number of piperazine rings is 1. The van der Waals surface area contributed by atoms with Crippen LogP contribution in [0.15, 0.2) is 47.2 Å². The normalized spacial score (nSPS) is 19.5. The molecule has 0 amide bonds. The minimum Gasteiger partial charge on any atom is -0.481 e. The summed E-state index contributed by atoms with van der Waals surface area (Å²) in [6.07, 6.45) is 1.07. The number of carboxylic acid groups (broad SMARTS) is 1. The zero-order valence-electron chi connectivity index (χ0n) is 26.0. The molecule has 1 aliphatic heterocycles. The number of halogens is 3. The summed E-state index contributed by atoms with van der Waals surface area (Å²) in [6.45, 7) is 5.51. The van der Waals surface area contributed by atoms with Crippen molar-refractivity contribution in [2.75, 3.05) is 44.7 Å². The van der Waals surface area contributed by atoms with Crippen LogP contribution >= 0.6 is 0 Å². The quantitative estimate of drug-likeness (QED) is 0.231. The van der Waals surface area contributed by atoms with Gasteiger partial charge < -0.3 is 26.0 Å². The number of carboxylic acids is 1. The van der Waals surface area contributed by atoms with Crippen molar-refractivity contribution in [1.82, 2.24) is 34.7 Å². The zero-order valence-corrected chi connectivity index (χ0v) is 26.0. The molecular formula is C32H36F3N9O3. The summed E-state index contributed by atoms with van der Waals surface area (Å²) in [6, 6.07) is 9.85. The van der Waals surface area contributed by atoms with Crippen molar-refractivity contribution in [3.63, 3.8) is 0 Å². The smallest absolute Gasteiger partial charge is 0.416 e. The summed E-state index contributed by atoms with van der Waals surface area (Å²) in [5, 5.41) is 17.1. The molecule has 5 aromatic rings. The second-order valence-corrected chi connectivity index (χ2v) is 12.1. The Labute approximate surface area is 268 Å². The Kier molecular flexibility index (Phi) is 8.76. The topological polar surface area (TPSA) is 165 Å². The third kappa shape index (κ3) is 6.58. The summed E-state index contributed by atoms with van der Waals surface area (Å²) in [7, 11) is 2.17. The third-order valence-corrected chi connectivity index (χ3v) is 8.98. The van der Waals surface area contributed by atoms with Crippen LogP contribution < -0.4 is 11.5 Å². The van der Waals surface area contributed by atoms with Gasteiger partial charge in [0.25, 0.3) is 5.97 Å². The lowest BCUT2D eigenvalue weighted by Crippen LogP contribution is -2.49. The van der Waals surface area contributed by atoms with Gasteiger partial charge in [0.2, 0.25) is 0 Å². The van der Waals surface area contributed by atoms with Gasteiger partial charge in [-0.1, -0.05) is 29.4 Å². The van der Waals surface area contributed by atoms with Crippen molar-refractivity contribution in [2.24, 2.45) is 0 Å². The van der Waals surface area contributed by atoms with E-state index in [0.29, 0.717) is 39.5 Å². The number of nitrogen functional groups attached to an aromatic ring is 2. The predicted molar refractivity (Wildman–Crippen MR) is 171 cm³/mol. The molecule has 15 heteroatoms. The van der Waals surface area contributed by atoms with Gasteiger partial charge in [-0.3, -0.25) is 9.69 Å². The van der Waals surface area contributed by atoms with E-state index in [1.54, 1.807) is 12.1 Å². The molecule has 4 heterocycles. The van der Waals surface area contributed by atoms with Crippen LogP contribution in [0, 0.1) is 0 Å². The van der Waals surface area contributed by atoms with Gasteiger partial charge >= 0.3 is 6.18 Å². The van der Waals surface area contributed by atoms with E-state index in [9.17, 15) is 13.2 Å². The van der Waals surface area contributed by atoms with Crippen LogP contribution in [0.5, 0.6) is 0 Å². The summed E-state index contributed by atoms with van der Waals surface area (Å²) >= 11 is 0. The molecule has 3 aromatic heterocycles. The van der Waals surface area contributed by atoms with Crippen molar-refractivity contribution in [3.8, 4) is 22.4 Å². The maximum absolute atomic E-state index is 13.6. The predicted octanol–water partition coefficient (Wildman–Crippen LogP) is 5.31. The highest BCUT2D eigenvalue weighted by Gasteiger charge is 2.33. The summed E-state index contributed by atoms with van der Waals surface area (Å²) < 4.78 is 48.0. The van der Waals surface area contributed by atoms with E-state index in [1.165, 1.54) is 6.33 Å². The highest BCUT2D eigenvalue weighted by atomic mass is 19.4. The number of alkyl halides is 3. The van der Waals surface area contributed by atoms with Crippen LogP contribution in [0.2, 0.25) is 0 Å². The molecule has 5 N–H and O–H groups in total. The fourth-order valence-electron chi connectivity index (χ4n) is 6.60. The van der Waals surface area contributed by atoms with Crippen LogP contribution in [0.3, 0.4) is 0 Å². The van der Waals surface area contributed by atoms with Crippen molar-refractivity contribution < 1.29 is 27.6 Å². The molecule has 2 fully saturated rings. The molecule has 2 aliphatic rings. The SMILES string of the molecule is CC(=O)O.CN1CCN(C2CCC(n3nc(-c4ccc(-c5cc(C(F)(F)F)cc6onc(N)c56)cc4)c4c(N)ncnc43)CC2)CC1. The molecule has 12 nitrogen and oxygen atoms in total. The monoisotopic (exact) mass is 651 g/mol. The number of nitrogens with zero attached hydrogens (tertiary/aromatic N) is 7. The van der Waals surface area contributed by atoms with Gasteiger partial charge in [-0.25, -0.2) is 14.6 Å². The first kappa shape index (κ1) is 32.2. The summed E-state index contributed by atoms with van der Waals surface area (Å²) in [5.41, 5.74) is 14.4. The lowest BCUT2D eigenvalue weighted by Gasteiger charge is -2.41. The maximum atomic E-state index is 13.6. The van der Waals surface area contributed by atoms with Crippen LogP contribution in [0.4, 0.5) is 24.8 Å². The Balaban J connectivity index is 0.000000915. The fraction of sp³-hybridized carbons (Fsp3) is 0.406. The number of carbonyl (C=O) groups is 1. The Morgan fingerprint density at radius 2 is 1.53 bits per heavy atom. The first-order chi connectivity index (χ1) is 22.4. The first-order valence-electron chi connectivity index (χ1n) is 15.4. The number of anilines is 2. The molecule has 2 aromatic carbocycles. The van der Waals surface area contributed by atoms with E-state index in [2.05, 4.69) is 32.0 Å². The van der Waals surface area contributed by atoms with Crippen LogP contribution in [0.25, 0.3) is 44.4 Å². The number of aromatic nitrogens is 5. The largest absolute Gasteiger partial charge is 0.481 e. The lowest BCUT2D eigenvalue weighted by atomic mass is 9.90. The number of nitrogens with two attached hydrogens (primary N) is 2. The highest BCUT2D eigenvalue weighted by Crippen LogP contribution is 2.41. The van der Waals surface area contributed by atoms with E-state index in [0.717, 1.165) is 76.5 Å². The van der Waals surface area contributed by atoms with Crippen LogP contribution in [-0.2, 0) is 11.0 Å². The Bertz CT molecular complexity index is 1890. The molecule has 0 radical (unpaired) electrons. The van der Waals surface area contributed by atoms with Crippen LogP contribution in [-0.4, -0.2) is 85.0 Å². The zero-order chi connectivity index (χ0) is 33.5. The maximum Gasteiger partial charge on any atom is 0.416 e. The number of hydrogen-bond acceptors (Lipinski definition) is 10. The summed E-state index contributed by atoms with van der Waals surface area (Å²) in [4.78, 5) is 22.8. The van der Waals surface area contributed by atoms with Gasteiger partial charge in [0.05, 0.1) is 22.4 Å². The standard InChI is InChI=1S/C30H32F3N9O.C2H4O2/c1-40-10-12-41(13-11-40)20-6-8-21(9-7-20)42-29-25(27(34)36-16-37-29)26(38-42)18-4-2-17(3-5-18)22-14-19(30(31,32)33)15-23-24(22)28(35)39-43-23;1-2(3)4/h2-5,14-16,20-21H,6-13H2,1H3,(H2,35,39)(H2,34,36,37);1H3,(H,3,4). The average Bonchev–Trinajstić information content (AvgIpc) is 3.62. The van der Waals surface area contributed by atoms with E-state index < -0.39 is 17.7 Å². The number of aliphatic carboxylic acids is 1. The Morgan fingerprint density at radius 3 is 2.17 bits per heavy atom. The first-order valence-corrected chi connectivity index (χ1v) is 15.4. The molecular weight excluding hydrogens is 615 g/mol. The molecule has 0 bridgehead atoms. The van der Waals surface area contributed by atoms with Crippen molar-refractivity contribution >= 4 is 39.6 Å². The second kappa shape index (κ2) is 12.8. The van der Waals surface area contributed by atoms with E-state index in [1.807, 2.05) is 16.8 Å². The van der Waals surface area contributed by atoms with Crippen molar-refractivity contribution in [2.45, 2.75) is 50.9 Å². The highest BCUT2D eigenvalue weighted by molar-refractivity contribution is 6.02. The van der Waals surface area contributed by atoms with Gasteiger partial charge in [0, 0.05) is 44.7 Å². The average molecular weight is 652 g/mol. The van der Waals surface area contributed by atoms with E-state index >= 15 is 0 Å². The van der Waals surface area contributed by atoms with E-state index in [-0.39, 0.29) is 23.0 Å². The minimum absolute atomic E-state index is 0.0246. The Morgan fingerprint density at radius 1 is 0.915 bits per heavy atom. The molecule has 0 spiro atoms. The van der Waals surface area contributed by atoms with Gasteiger partial charge in [-0.2, -0.15) is 18.3 Å². The molecule has 0 unspecified atom stereocenters. The van der Waals surface area contributed by atoms with Gasteiger partial charge in [0.15, 0.2) is 17.0 Å². The lowest BCUT2D eigenvalue weighted by molar-refractivity contribution is -0.137. The molecule has 1 aliphatic carbocycles. The summed E-state index contributed by atoms with van der Waals surface area (Å²) in [5.74, 6) is -0.474. The number of likely N-dealkylation sites (N-methyl/N-ethyl adjacent to an activating group) is 1. The van der Waals surface area contributed by atoms with Gasteiger partial charge in [-0.15, -0.1) is 0 Å². The number of rotatable bonds is 4. The number of fused-ring (bicyclic) bond motifs is 2. The van der Waals surface area contributed by atoms with Crippen molar-refractivity contribution in [1.29, 1.82) is 0 Å². The van der Waals surface area contributed by atoms with Crippen molar-refractivity contribution in [3.05, 3.63) is 48.3 Å². The number of benzene rings is 2. The Hall–Kier alpha value is -4.76. The molecule has 1 saturated heterocycles. The van der Waals surface area contributed by atoms with Gasteiger partial charge in [0.1, 0.15) is 17.8 Å². The fourth-order valence-corrected chi connectivity index (χ4v) is 6.60. The van der Waals surface area contributed by atoms with Crippen LogP contribution in [0.1, 0.15) is 44.2 Å². The van der Waals surface area contributed by atoms with E-state index in [4.69, 9.17) is 31.0 Å². The molecule has 47 heavy (non-hydrogen) atoms. The molecule has 1 saturated carbocycles. The molecule has 248 valence electrons. The second-order valence-electron chi connectivity index (χ2n) is 12.1. The molecule has 0 atom stereocenters.